The second-order valence-corrected chi connectivity index (χ2v) is 8.46. The summed E-state index contributed by atoms with van der Waals surface area (Å²) in [5.41, 5.74) is 8.97. The minimum absolute atomic E-state index is 0.676. The molecule has 6 heteroatoms. The van der Waals surface area contributed by atoms with E-state index in [1.807, 2.05) is 30.4 Å². The van der Waals surface area contributed by atoms with Gasteiger partial charge in [-0.3, -0.25) is 4.90 Å². The fraction of sp³-hybridized carbons (Fsp3) is 0.391. The number of ether oxygens (including phenoxy) is 2. The van der Waals surface area contributed by atoms with Gasteiger partial charge in [0.1, 0.15) is 0 Å². The summed E-state index contributed by atoms with van der Waals surface area (Å²) in [7, 11) is 1.65. The lowest BCUT2D eigenvalue weighted by Gasteiger charge is -2.36. The fourth-order valence-corrected chi connectivity index (χ4v) is 4.84. The molecule has 29 heavy (non-hydrogen) atoms. The Morgan fingerprint density at radius 2 is 1.93 bits per heavy atom. The number of methoxy groups -OCH3 is 1. The predicted octanol–water partition coefficient (Wildman–Crippen LogP) is 4.39. The van der Waals surface area contributed by atoms with E-state index in [1.54, 1.807) is 7.11 Å². The van der Waals surface area contributed by atoms with Crippen LogP contribution in [0.2, 0.25) is 0 Å². The smallest absolute Gasteiger partial charge is 0.164 e. The second kappa shape index (κ2) is 8.93. The molecule has 2 N–H and O–H groups in total. The lowest BCUT2D eigenvalue weighted by molar-refractivity contribution is 0.221. The summed E-state index contributed by atoms with van der Waals surface area (Å²) in [4.78, 5) is 5.05. The SMILES string of the molecule is COc1cc(N)cc(C)c1OCCCN1CCN(c2cccc3sccc23)CC1. The van der Waals surface area contributed by atoms with E-state index in [1.165, 1.54) is 15.8 Å². The Morgan fingerprint density at radius 1 is 1.10 bits per heavy atom. The monoisotopic (exact) mass is 411 g/mol. The van der Waals surface area contributed by atoms with Crippen LogP contribution in [-0.4, -0.2) is 51.3 Å². The van der Waals surface area contributed by atoms with Gasteiger partial charge in [-0.05, 0) is 48.6 Å². The quantitative estimate of drug-likeness (QED) is 0.462. The van der Waals surface area contributed by atoms with Crippen molar-refractivity contribution in [1.82, 2.24) is 4.90 Å². The van der Waals surface area contributed by atoms with E-state index >= 15 is 0 Å². The number of hydrogen-bond donors (Lipinski definition) is 1. The number of nitrogen functional groups attached to an aromatic ring is 1. The highest BCUT2D eigenvalue weighted by atomic mass is 32.1. The van der Waals surface area contributed by atoms with E-state index in [4.69, 9.17) is 15.2 Å². The molecule has 154 valence electrons. The minimum atomic E-state index is 0.676. The molecule has 3 aromatic rings. The lowest BCUT2D eigenvalue weighted by atomic mass is 10.2. The number of aryl methyl sites for hydroxylation is 1. The summed E-state index contributed by atoms with van der Waals surface area (Å²) in [6.07, 6.45) is 0.993. The molecule has 1 saturated heterocycles. The highest BCUT2D eigenvalue weighted by Crippen LogP contribution is 2.33. The Balaban J connectivity index is 1.25. The van der Waals surface area contributed by atoms with Crippen molar-refractivity contribution in [2.24, 2.45) is 0 Å². The van der Waals surface area contributed by atoms with Crippen LogP contribution in [0.5, 0.6) is 11.5 Å². The molecule has 0 aliphatic carbocycles. The van der Waals surface area contributed by atoms with Gasteiger partial charge >= 0.3 is 0 Å². The van der Waals surface area contributed by atoms with Gasteiger partial charge in [0.2, 0.25) is 0 Å². The van der Waals surface area contributed by atoms with Crippen LogP contribution < -0.4 is 20.1 Å². The van der Waals surface area contributed by atoms with Gasteiger partial charge < -0.3 is 20.1 Å². The third-order valence-corrected chi connectivity index (χ3v) is 6.42. The number of piperazine rings is 1. The van der Waals surface area contributed by atoms with Crippen molar-refractivity contribution in [2.75, 3.05) is 57.1 Å². The first-order chi connectivity index (χ1) is 14.2. The van der Waals surface area contributed by atoms with E-state index in [0.717, 1.165) is 50.5 Å². The number of nitrogens with two attached hydrogens (primary N) is 1. The van der Waals surface area contributed by atoms with Crippen molar-refractivity contribution >= 4 is 32.8 Å². The first-order valence-electron chi connectivity index (χ1n) is 10.2. The molecule has 1 aliphatic rings. The topological polar surface area (TPSA) is 51.0 Å². The Labute approximate surface area is 176 Å². The van der Waals surface area contributed by atoms with Gasteiger partial charge in [-0.2, -0.15) is 0 Å². The van der Waals surface area contributed by atoms with Crippen LogP contribution in [0, 0.1) is 6.92 Å². The first-order valence-corrected chi connectivity index (χ1v) is 11.0. The summed E-state index contributed by atoms with van der Waals surface area (Å²) in [5, 5.41) is 3.56. The molecular formula is C23H29N3O2S. The van der Waals surface area contributed by atoms with Crippen LogP contribution in [0.25, 0.3) is 10.1 Å². The molecule has 1 aliphatic heterocycles. The molecule has 1 aromatic heterocycles. The highest BCUT2D eigenvalue weighted by Gasteiger charge is 2.18. The zero-order valence-electron chi connectivity index (χ0n) is 17.2. The molecule has 0 spiro atoms. The van der Waals surface area contributed by atoms with E-state index in [0.29, 0.717) is 18.0 Å². The van der Waals surface area contributed by atoms with Crippen LogP contribution in [0.1, 0.15) is 12.0 Å². The van der Waals surface area contributed by atoms with E-state index in [2.05, 4.69) is 39.4 Å². The largest absolute Gasteiger partial charge is 0.493 e. The molecule has 0 radical (unpaired) electrons. The maximum Gasteiger partial charge on any atom is 0.164 e. The van der Waals surface area contributed by atoms with Crippen LogP contribution in [0.15, 0.2) is 41.8 Å². The normalized spacial score (nSPS) is 15.0. The third kappa shape index (κ3) is 4.43. The number of hydrogen-bond acceptors (Lipinski definition) is 6. The van der Waals surface area contributed by atoms with Gasteiger partial charge in [-0.15, -0.1) is 11.3 Å². The van der Waals surface area contributed by atoms with Crippen molar-refractivity contribution in [2.45, 2.75) is 13.3 Å². The van der Waals surface area contributed by atoms with Crippen LogP contribution >= 0.6 is 11.3 Å². The number of anilines is 2. The number of benzene rings is 2. The summed E-state index contributed by atoms with van der Waals surface area (Å²) in [6, 6.07) is 12.6. The Hall–Kier alpha value is -2.44. The molecule has 0 saturated carbocycles. The lowest BCUT2D eigenvalue weighted by Crippen LogP contribution is -2.46. The summed E-state index contributed by atoms with van der Waals surface area (Å²) >= 11 is 1.82. The van der Waals surface area contributed by atoms with Crippen LogP contribution in [-0.2, 0) is 0 Å². The average Bonchev–Trinajstić information content (AvgIpc) is 3.21. The van der Waals surface area contributed by atoms with Crippen LogP contribution in [0.4, 0.5) is 11.4 Å². The summed E-state index contributed by atoms with van der Waals surface area (Å²) < 4.78 is 12.8. The standard InChI is InChI=1S/C23H29N3O2S/c1-17-15-18(24)16-21(27-2)23(17)28-13-4-8-25-9-11-26(12-10-25)20-5-3-6-22-19(20)7-14-29-22/h3,5-7,14-16H,4,8-13,24H2,1-2H3. The molecule has 5 nitrogen and oxygen atoms in total. The second-order valence-electron chi connectivity index (χ2n) is 7.51. The molecule has 1 fully saturated rings. The van der Waals surface area contributed by atoms with Crippen molar-refractivity contribution in [3.63, 3.8) is 0 Å². The molecular weight excluding hydrogens is 382 g/mol. The number of thiophene rings is 1. The van der Waals surface area contributed by atoms with E-state index in [9.17, 15) is 0 Å². The van der Waals surface area contributed by atoms with E-state index < -0.39 is 0 Å². The Bertz CT molecular complexity index is 964. The highest BCUT2D eigenvalue weighted by molar-refractivity contribution is 7.17. The molecule has 0 bridgehead atoms. The van der Waals surface area contributed by atoms with Gasteiger partial charge in [-0.1, -0.05) is 6.07 Å². The van der Waals surface area contributed by atoms with Crippen molar-refractivity contribution in [1.29, 1.82) is 0 Å². The van der Waals surface area contributed by atoms with E-state index in [-0.39, 0.29) is 0 Å². The predicted molar refractivity (Wildman–Crippen MR) is 123 cm³/mol. The molecule has 2 heterocycles. The number of fused-ring (bicyclic) bond motifs is 1. The van der Waals surface area contributed by atoms with Gasteiger partial charge in [0.25, 0.3) is 0 Å². The first kappa shape index (κ1) is 19.9. The third-order valence-electron chi connectivity index (χ3n) is 5.53. The average molecular weight is 412 g/mol. The van der Waals surface area contributed by atoms with Gasteiger partial charge in [-0.25, -0.2) is 0 Å². The maximum absolute atomic E-state index is 6.02. The Morgan fingerprint density at radius 3 is 2.72 bits per heavy atom. The maximum atomic E-state index is 6.02. The van der Waals surface area contributed by atoms with Crippen molar-refractivity contribution < 1.29 is 9.47 Å². The van der Waals surface area contributed by atoms with Crippen LogP contribution in [0.3, 0.4) is 0 Å². The number of nitrogens with zero attached hydrogens (tertiary/aromatic N) is 2. The number of rotatable bonds is 7. The van der Waals surface area contributed by atoms with Gasteiger partial charge in [0, 0.05) is 60.3 Å². The molecule has 0 atom stereocenters. The zero-order chi connectivity index (χ0) is 20.2. The molecule has 2 aromatic carbocycles. The zero-order valence-corrected chi connectivity index (χ0v) is 18.0. The summed E-state index contributed by atoms with van der Waals surface area (Å²) in [6.45, 7) is 8.04. The van der Waals surface area contributed by atoms with Gasteiger partial charge in [0.05, 0.1) is 13.7 Å². The summed E-state index contributed by atoms with van der Waals surface area (Å²) in [5.74, 6) is 1.51. The van der Waals surface area contributed by atoms with Crippen molar-refractivity contribution in [3.8, 4) is 11.5 Å². The molecule has 0 amide bonds. The molecule has 0 unspecified atom stereocenters. The minimum Gasteiger partial charge on any atom is -0.493 e. The van der Waals surface area contributed by atoms with Gasteiger partial charge in [0.15, 0.2) is 11.5 Å². The molecule has 4 rings (SSSR count). The Kier molecular flexibility index (Phi) is 6.11. The van der Waals surface area contributed by atoms with Crippen molar-refractivity contribution in [3.05, 3.63) is 47.3 Å². The fourth-order valence-electron chi connectivity index (χ4n) is 4.03.